The van der Waals surface area contributed by atoms with Gasteiger partial charge in [-0.05, 0) is 18.2 Å². The lowest BCUT2D eigenvalue weighted by molar-refractivity contribution is 1.05. The van der Waals surface area contributed by atoms with Gasteiger partial charge in [-0.25, -0.2) is 9.97 Å². The molecule has 92 valence electrons. The number of rotatable bonds is 3. The molecular weight excluding hydrogens is 252 g/mol. The van der Waals surface area contributed by atoms with Crippen LogP contribution in [-0.2, 0) is 0 Å². The van der Waals surface area contributed by atoms with E-state index in [1.54, 1.807) is 18.1 Å². The zero-order chi connectivity index (χ0) is 12.9. The molecule has 3 heteroatoms. The highest BCUT2D eigenvalue weighted by Crippen LogP contribution is 2.27. The minimum absolute atomic E-state index is 0.953. The molecule has 0 unspecified atom stereocenters. The summed E-state index contributed by atoms with van der Waals surface area (Å²) in [4.78, 5) is 9.82. The molecule has 0 aliphatic heterocycles. The van der Waals surface area contributed by atoms with Crippen LogP contribution in [0.1, 0.15) is 0 Å². The molecule has 2 aromatic carbocycles. The minimum atomic E-state index is 0.953. The summed E-state index contributed by atoms with van der Waals surface area (Å²) in [7, 11) is 0. The lowest BCUT2D eigenvalue weighted by Gasteiger charge is -2.03. The fourth-order valence-electron chi connectivity index (χ4n) is 1.77. The highest BCUT2D eigenvalue weighted by Gasteiger charge is 2.03. The van der Waals surface area contributed by atoms with Gasteiger partial charge in [-0.3, -0.25) is 0 Å². The number of nitrogens with zero attached hydrogens (tertiary/aromatic N) is 2. The van der Waals surface area contributed by atoms with Crippen LogP contribution >= 0.6 is 11.8 Å². The Hall–Kier alpha value is -2.13. The van der Waals surface area contributed by atoms with Gasteiger partial charge in [-0.1, -0.05) is 60.3 Å². The second-order valence-corrected chi connectivity index (χ2v) is 5.12. The molecule has 3 rings (SSSR count). The molecule has 0 bridgehead atoms. The van der Waals surface area contributed by atoms with Crippen LogP contribution in [0, 0.1) is 0 Å². The summed E-state index contributed by atoms with van der Waals surface area (Å²) in [5, 5.41) is 0.958. The van der Waals surface area contributed by atoms with Crippen molar-refractivity contribution < 1.29 is 0 Å². The Morgan fingerprint density at radius 1 is 0.737 bits per heavy atom. The average molecular weight is 264 g/mol. The second kappa shape index (κ2) is 5.67. The summed E-state index contributed by atoms with van der Waals surface area (Å²) in [5.41, 5.74) is 2.06. The van der Waals surface area contributed by atoms with Gasteiger partial charge in [0.1, 0.15) is 11.4 Å². The maximum Gasteiger partial charge on any atom is 0.117 e. The van der Waals surface area contributed by atoms with Crippen molar-refractivity contribution in [1.82, 2.24) is 9.97 Å². The highest BCUT2D eigenvalue weighted by atomic mass is 32.2. The molecule has 3 aromatic rings. The van der Waals surface area contributed by atoms with E-state index < -0.39 is 0 Å². The third kappa shape index (κ3) is 3.01. The van der Waals surface area contributed by atoms with Gasteiger partial charge in [0.05, 0.1) is 5.69 Å². The summed E-state index contributed by atoms with van der Waals surface area (Å²) in [6.45, 7) is 0. The van der Waals surface area contributed by atoms with Crippen LogP contribution in [-0.4, -0.2) is 9.97 Å². The van der Waals surface area contributed by atoms with Gasteiger partial charge in [-0.15, -0.1) is 0 Å². The van der Waals surface area contributed by atoms with Gasteiger partial charge in [0.15, 0.2) is 0 Å². The molecular formula is C16H12N2S. The van der Waals surface area contributed by atoms with Crippen LogP contribution in [0.15, 0.2) is 83.0 Å². The first-order chi connectivity index (χ1) is 9.42. The van der Waals surface area contributed by atoms with E-state index in [2.05, 4.69) is 34.2 Å². The van der Waals surface area contributed by atoms with Crippen molar-refractivity contribution in [2.75, 3.05) is 0 Å². The fraction of sp³-hybridized carbons (Fsp3) is 0. The Balaban J connectivity index is 1.89. The maximum atomic E-state index is 4.33. The SMILES string of the molecule is c1ccc(Sc2cc(-c3ccccc3)ncn2)cc1. The second-order valence-electron chi connectivity index (χ2n) is 4.02. The molecule has 2 nitrogen and oxygen atoms in total. The average Bonchev–Trinajstić information content (AvgIpc) is 2.49. The minimum Gasteiger partial charge on any atom is -0.236 e. The molecule has 0 N–H and O–H groups in total. The van der Waals surface area contributed by atoms with Crippen LogP contribution in [0.5, 0.6) is 0 Å². The number of hydrogen-bond acceptors (Lipinski definition) is 3. The lowest BCUT2D eigenvalue weighted by atomic mass is 10.1. The summed E-state index contributed by atoms with van der Waals surface area (Å²) in [5.74, 6) is 0. The molecule has 1 aromatic heterocycles. The number of benzene rings is 2. The van der Waals surface area contributed by atoms with E-state index in [0.29, 0.717) is 0 Å². The van der Waals surface area contributed by atoms with E-state index in [1.165, 1.54) is 4.90 Å². The monoisotopic (exact) mass is 264 g/mol. The van der Waals surface area contributed by atoms with Gasteiger partial charge >= 0.3 is 0 Å². The summed E-state index contributed by atoms with van der Waals surface area (Å²) >= 11 is 1.65. The molecule has 0 aliphatic carbocycles. The molecule has 19 heavy (non-hydrogen) atoms. The van der Waals surface area contributed by atoms with Gasteiger partial charge in [0.25, 0.3) is 0 Å². The number of hydrogen-bond donors (Lipinski definition) is 0. The van der Waals surface area contributed by atoms with Crippen molar-refractivity contribution in [2.45, 2.75) is 9.92 Å². The fourth-order valence-corrected chi connectivity index (χ4v) is 2.58. The van der Waals surface area contributed by atoms with Crippen molar-refractivity contribution in [3.8, 4) is 11.3 Å². The summed E-state index contributed by atoms with van der Waals surface area (Å²) in [6.07, 6.45) is 1.62. The van der Waals surface area contributed by atoms with Gasteiger partial charge in [0, 0.05) is 10.5 Å². The normalized spacial score (nSPS) is 10.3. The quantitative estimate of drug-likeness (QED) is 0.660. The van der Waals surface area contributed by atoms with Crippen molar-refractivity contribution >= 4 is 11.8 Å². The van der Waals surface area contributed by atoms with Crippen LogP contribution in [0.2, 0.25) is 0 Å². The van der Waals surface area contributed by atoms with Crippen LogP contribution in [0.3, 0.4) is 0 Å². The Bertz CT molecular complexity index is 654. The van der Waals surface area contributed by atoms with E-state index in [1.807, 2.05) is 42.5 Å². The van der Waals surface area contributed by atoms with Gasteiger partial charge in [0.2, 0.25) is 0 Å². The van der Waals surface area contributed by atoms with E-state index in [9.17, 15) is 0 Å². The summed E-state index contributed by atoms with van der Waals surface area (Å²) < 4.78 is 0. The Morgan fingerprint density at radius 2 is 1.42 bits per heavy atom. The molecule has 0 radical (unpaired) electrons. The molecule has 0 fully saturated rings. The third-order valence-corrected chi connectivity index (χ3v) is 3.62. The van der Waals surface area contributed by atoms with E-state index in [-0.39, 0.29) is 0 Å². The maximum absolute atomic E-state index is 4.33. The van der Waals surface area contributed by atoms with Gasteiger partial charge < -0.3 is 0 Å². The van der Waals surface area contributed by atoms with Crippen molar-refractivity contribution in [2.24, 2.45) is 0 Å². The van der Waals surface area contributed by atoms with Crippen LogP contribution in [0.4, 0.5) is 0 Å². The first-order valence-electron chi connectivity index (χ1n) is 6.02. The van der Waals surface area contributed by atoms with E-state index >= 15 is 0 Å². The lowest BCUT2D eigenvalue weighted by Crippen LogP contribution is -1.87. The predicted octanol–water partition coefficient (Wildman–Crippen LogP) is 4.29. The van der Waals surface area contributed by atoms with Crippen molar-refractivity contribution in [3.05, 3.63) is 73.1 Å². The van der Waals surface area contributed by atoms with E-state index in [4.69, 9.17) is 0 Å². The third-order valence-electron chi connectivity index (χ3n) is 2.68. The van der Waals surface area contributed by atoms with E-state index in [0.717, 1.165) is 16.3 Å². The predicted molar refractivity (Wildman–Crippen MR) is 78.0 cm³/mol. The smallest absolute Gasteiger partial charge is 0.117 e. The van der Waals surface area contributed by atoms with Crippen molar-refractivity contribution in [1.29, 1.82) is 0 Å². The van der Waals surface area contributed by atoms with Gasteiger partial charge in [-0.2, -0.15) is 0 Å². The largest absolute Gasteiger partial charge is 0.236 e. The molecule has 0 saturated heterocycles. The molecule has 0 saturated carbocycles. The summed E-state index contributed by atoms with van der Waals surface area (Å²) in [6, 6.07) is 22.4. The topological polar surface area (TPSA) is 25.8 Å². The Kier molecular flexibility index (Phi) is 3.56. The molecule has 0 spiro atoms. The molecule has 0 aliphatic rings. The molecule has 1 heterocycles. The first-order valence-corrected chi connectivity index (χ1v) is 6.84. The van der Waals surface area contributed by atoms with Crippen LogP contribution in [0.25, 0.3) is 11.3 Å². The highest BCUT2D eigenvalue weighted by molar-refractivity contribution is 7.99. The zero-order valence-electron chi connectivity index (χ0n) is 10.2. The van der Waals surface area contributed by atoms with Crippen LogP contribution < -0.4 is 0 Å². The number of aromatic nitrogens is 2. The first kappa shape index (κ1) is 11.9. The molecule has 0 atom stereocenters. The molecule has 0 amide bonds. The Morgan fingerprint density at radius 3 is 2.16 bits per heavy atom. The Labute approximate surface area is 116 Å². The zero-order valence-corrected chi connectivity index (χ0v) is 11.0. The standard InChI is InChI=1S/C16H12N2S/c1-3-7-13(8-4-1)15-11-16(18-12-17-15)19-14-9-5-2-6-10-14/h1-12H. The van der Waals surface area contributed by atoms with Crippen molar-refractivity contribution in [3.63, 3.8) is 0 Å².